The van der Waals surface area contributed by atoms with Crippen LogP contribution in [0.1, 0.15) is 12.8 Å². The van der Waals surface area contributed by atoms with Gasteiger partial charge in [-0.15, -0.1) is 0 Å². The van der Waals surface area contributed by atoms with E-state index in [-0.39, 0.29) is 0 Å². The Kier molecular flexibility index (Phi) is 18.6. The molecule has 3 fully saturated rings. The maximum absolute atomic E-state index is 7.47. The van der Waals surface area contributed by atoms with Gasteiger partial charge in [-0.25, -0.2) is 0 Å². The van der Waals surface area contributed by atoms with Gasteiger partial charge in [-0.2, -0.15) is 0 Å². The number of hydrogen-bond donors (Lipinski definition) is 2. The second kappa shape index (κ2) is 18.5. The molecule has 0 saturated carbocycles. The first-order valence-electron chi connectivity index (χ1n) is 8.68. The van der Waals surface area contributed by atoms with Gasteiger partial charge in [-0.1, -0.05) is 34.4 Å². The average Bonchev–Trinajstić information content (AvgIpc) is 3.31. The van der Waals surface area contributed by atoms with Crippen molar-refractivity contribution in [1.82, 2.24) is 9.80 Å². The molecule has 10 heteroatoms. The van der Waals surface area contributed by atoms with E-state index in [1.54, 1.807) is 0 Å². The van der Waals surface area contributed by atoms with Crippen molar-refractivity contribution in [2.45, 2.75) is 12.8 Å². The van der Waals surface area contributed by atoms with Crippen molar-refractivity contribution in [2.24, 2.45) is 5.73 Å². The normalized spacial score (nSPS) is 19.0. The fourth-order valence-electron chi connectivity index (χ4n) is 2.19. The second-order valence-electron chi connectivity index (χ2n) is 5.37. The third-order valence-corrected chi connectivity index (χ3v) is 4.54. The van der Waals surface area contributed by atoms with Gasteiger partial charge in [-0.05, 0) is 36.2 Å². The van der Waals surface area contributed by atoms with E-state index < -0.39 is 0 Å². The van der Waals surface area contributed by atoms with Crippen molar-refractivity contribution in [3.05, 3.63) is 0 Å². The van der Waals surface area contributed by atoms with E-state index >= 15 is 0 Å². The zero-order chi connectivity index (χ0) is 19.6. The number of thiocarbonyl (C=S) groups is 1. The summed E-state index contributed by atoms with van der Waals surface area (Å²) in [7, 11) is 0. The molecule has 0 atom stereocenters. The number of hydrogen-bond acceptors (Lipinski definition) is 6. The predicted octanol–water partition coefficient (Wildman–Crippen LogP) is 2.03. The summed E-state index contributed by atoms with van der Waals surface area (Å²) < 4.78 is 15.2. The van der Waals surface area contributed by atoms with Crippen LogP contribution in [0.2, 0.25) is 0 Å². The summed E-state index contributed by atoms with van der Waals surface area (Å²) in [5.74, 6) is 0. The van der Waals surface area contributed by atoms with E-state index in [9.17, 15) is 0 Å². The third-order valence-electron chi connectivity index (χ3n) is 3.64. The average molecular weight is 521 g/mol. The topological polar surface area (TPSA) is 84.0 Å². The van der Waals surface area contributed by atoms with Gasteiger partial charge in [0.1, 0.15) is 0 Å². The lowest BCUT2D eigenvalue weighted by atomic mass is 10.4. The minimum Gasteiger partial charge on any atom is -0.381 e. The van der Waals surface area contributed by atoms with Crippen molar-refractivity contribution in [3.8, 4) is 0 Å². The molecule has 3 heterocycles. The Morgan fingerprint density at radius 1 is 0.885 bits per heavy atom. The monoisotopic (exact) mass is 520 g/mol. The summed E-state index contributed by atoms with van der Waals surface area (Å²) in [5.41, 5.74) is 5.37. The van der Waals surface area contributed by atoms with E-state index in [0.29, 0.717) is 10.3 Å². The highest BCUT2D eigenvalue weighted by molar-refractivity contribution is 14.1. The molecule has 0 unspecified atom stereocenters. The van der Waals surface area contributed by atoms with Crippen LogP contribution in [0, 0.1) is 5.41 Å². The van der Waals surface area contributed by atoms with Crippen LogP contribution in [-0.2, 0) is 14.2 Å². The molecule has 0 aromatic heterocycles. The molecular weight excluding hydrogens is 487 g/mol. The molecule has 3 rings (SSSR count). The molecule has 0 aliphatic carbocycles. The minimum absolute atomic E-state index is 0.485. The molecule has 3 saturated heterocycles. The molecular formula is C16H33IN4O3S2. The maximum atomic E-state index is 7.47. The van der Waals surface area contributed by atoms with Crippen LogP contribution in [0.25, 0.3) is 0 Å². The molecule has 3 N–H and O–H groups in total. The summed E-state index contributed by atoms with van der Waals surface area (Å²) in [4.78, 5) is 5.95. The van der Waals surface area contributed by atoms with Crippen LogP contribution in [0.4, 0.5) is 0 Å². The molecule has 0 bridgehead atoms. The van der Waals surface area contributed by atoms with Crippen LogP contribution in [0.15, 0.2) is 0 Å². The summed E-state index contributed by atoms with van der Waals surface area (Å²) in [6, 6.07) is 0. The summed E-state index contributed by atoms with van der Waals surface area (Å²) in [6.07, 6.45) is 4.48. The fraction of sp³-hybridized carbons (Fsp3) is 0.875. The molecule has 0 amide bonds. The molecule has 0 radical (unpaired) electrons. The predicted molar refractivity (Wildman–Crippen MR) is 123 cm³/mol. The fourth-order valence-corrected chi connectivity index (χ4v) is 2.81. The number of rotatable bonds is 0. The molecule has 3 aliphatic rings. The molecule has 3 aliphatic heterocycles. The zero-order valence-electron chi connectivity index (χ0n) is 15.9. The number of morpholine rings is 2. The van der Waals surface area contributed by atoms with E-state index in [1.165, 1.54) is 24.6 Å². The van der Waals surface area contributed by atoms with Gasteiger partial charge in [0, 0.05) is 39.4 Å². The van der Waals surface area contributed by atoms with Gasteiger partial charge in [0.15, 0.2) is 10.3 Å². The smallest absolute Gasteiger partial charge is 0.166 e. The lowest BCUT2D eigenvalue weighted by molar-refractivity contribution is 0.0686. The summed E-state index contributed by atoms with van der Waals surface area (Å²) in [6.45, 7) is 8.46. The Hall–Kier alpha value is 0.120. The Bertz CT molecular complexity index is 358. The SMILES string of the molecule is C1CCOC1.CI.CSC(=N)N1CCOCC1.NC(=S)N1CCOCC1. The molecule has 0 spiro atoms. The highest BCUT2D eigenvalue weighted by Gasteiger charge is 2.12. The Labute approximate surface area is 181 Å². The number of halogens is 1. The Morgan fingerprint density at radius 3 is 1.54 bits per heavy atom. The quantitative estimate of drug-likeness (QED) is 0.165. The standard InChI is InChI=1S/C6H12N2OS.C5H10N2OS.C4H8O.CH3I/c1-10-6(7)8-2-4-9-5-3-8;6-5(9)7-1-3-8-4-2-7;1-2-4-5-3-1;1-2/h7H,2-5H2,1H3;1-4H2,(H2,6,9);1-4H2;1H3. The number of alkyl halides is 1. The first kappa shape index (κ1) is 26.1. The van der Waals surface area contributed by atoms with Gasteiger partial charge in [-0.3, -0.25) is 5.41 Å². The summed E-state index contributed by atoms with van der Waals surface area (Å²) >= 11 is 8.40. The first-order valence-corrected chi connectivity index (χ1v) is 12.5. The lowest BCUT2D eigenvalue weighted by Gasteiger charge is -2.27. The van der Waals surface area contributed by atoms with E-state index in [0.717, 1.165) is 65.8 Å². The molecule has 0 aromatic rings. The number of nitrogens with zero attached hydrogens (tertiary/aromatic N) is 2. The van der Waals surface area contributed by atoms with Gasteiger partial charge >= 0.3 is 0 Å². The van der Waals surface area contributed by atoms with Crippen molar-refractivity contribution in [2.75, 3.05) is 77.0 Å². The second-order valence-corrected chi connectivity index (χ2v) is 6.58. The number of thioether (sulfide) groups is 1. The van der Waals surface area contributed by atoms with E-state index in [4.69, 9.17) is 37.6 Å². The van der Waals surface area contributed by atoms with E-state index in [2.05, 4.69) is 22.6 Å². The van der Waals surface area contributed by atoms with Gasteiger partial charge in [0.2, 0.25) is 0 Å². The van der Waals surface area contributed by atoms with Crippen molar-refractivity contribution >= 4 is 56.9 Å². The summed E-state index contributed by atoms with van der Waals surface area (Å²) in [5, 5.41) is 8.61. The van der Waals surface area contributed by atoms with E-state index in [1.807, 2.05) is 21.0 Å². The molecule has 26 heavy (non-hydrogen) atoms. The molecule has 0 aromatic carbocycles. The van der Waals surface area contributed by atoms with Crippen LogP contribution in [-0.4, -0.2) is 97.1 Å². The third kappa shape index (κ3) is 13.3. The lowest BCUT2D eigenvalue weighted by Crippen LogP contribution is -2.43. The molecule has 154 valence electrons. The van der Waals surface area contributed by atoms with Crippen LogP contribution < -0.4 is 5.73 Å². The van der Waals surface area contributed by atoms with Crippen LogP contribution in [0.3, 0.4) is 0 Å². The van der Waals surface area contributed by atoms with Crippen LogP contribution in [0.5, 0.6) is 0 Å². The van der Waals surface area contributed by atoms with Crippen molar-refractivity contribution < 1.29 is 14.2 Å². The zero-order valence-corrected chi connectivity index (χ0v) is 19.7. The highest BCUT2D eigenvalue weighted by atomic mass is 127. The minimum atomic E-state index is 0.485. The van der Waals surface area contributed by atoms with Gasteiger partial charge < -0.3 is 29.7 Å². The number of nitrogens with two attached hydrogens (primary N) is 1. The van der Waals surface area contributed by atoms with Gasteiger partial charge in [0.25, 0.3) is 0 Å². The van der Waals surface area contributed by atoms with Crippen molar-refractivity contribution in [3.63, 3.8) is 0 Å². The maximum Gasteiger partial charge on any atom is 0.166 e. The first-order chi connectivity index (χ1) is 12.6. The largest absolute Gasteiger partial charge is 0.381 e. The highest BCUT2D eigenvalue weighted by Crippen LogP contribution is 2.05. The number of amidine groups is 1. The van der Waals surface area contributed by atoms with Crippen LogP contribution >= 0.6 is 46.6 Å². The Balaban J connectivity index is 0.000000359. The van der Waals surface area contributed by atoms with Crippen molar-refractivity contribution in [1.29, 1.82) is 5.41 Å². The molecule has 7 nitrogen and oxygen atoms in total. The number of nitrogens with one attached hydrogen (secondary N) is 1. The Morgan fingerprint density at radius 2 is 1.27 bits per heavy atom. The number of ether oxygens (including phenoxy) is 3. The van der Waals surface area contributed by atoms with Gasteiger partial charge in [0.05, 0.1) is 26.4 Å².